The summed E-state index contributed by atoms with van der Waals surface area (Å²) < 4.78 is 4.77. The van der Waals surface area contributed by atoms with Gasteiger partial charge >= 0.3 is 6.01 Å². The highest BCUT2D eigenvalue weighted by Gasteiger charge is 2.26. The summed E-state index contributed by atoms with van der Waals surface area (Å²) in [6.45, 7) is 3.03. The highest BCUT2D eigenvalue weighted by Crippen LogP contribution is 2.24. The molecule has 1 rings (SSSR count). The van der Waals surface area contributed by atoms with E-state index in [1.165, 1.54) is 33.4 Å². The van der Waals surface area contributed by atoms with Gasteiger partial charge in [0.25, 0.3) is 0 Å². The van der Waals surface area contributed by atoms with Gasteiger partial charge in [-0.2, -0.15) is 0 Å². The van der Waals surface area contributed by atoms with E-state index in [-0.39, 0.29) is 6.01 Å². The zero-order valence-corrected chi connectivity index (χ0v) is 8.43. The van der Waals surface area contributed by atoms with E-state index >= 15 is 0 Å². The Hall–Kier alpha value is -1.20. The van der Waals surface area contributed by atoms with Crippen molar-refractivity contribution in [2.24, 2.45) is 0 Å². The van der Waals surface area contributed by atoms with Gasteiger partial charge in [-0.1, -0.05) is 0 Å². The molecular weight excluding hydrogens is 184 g/mol. The molecule has 1 unspecified atom stereocenters. The van der Waals surface area contributed by atoms with Crippen molar-refractivity contribution in [3.05, 3.63) is 18.0 Å². The lowest BCUT2D eigenvalue weighted by Gasteiger charge is -2.24. The first-order valence-corrected chi connectivity index (χ1v) is 4.21. The predicted octanol–water partition coefficient (Wildman–Crippen LogP) is 0.289. The molecule has 0 aliphatic rings. The quantitative estimate of drug-likeness (QED) is 0.730. The van der Waals surface area contributed by atoms with Crippen molar-refractivity contribution in [1.29, 1.82) is 0 Å². The number of nitrogens with zero attached hydrogens (tertiary/aromatic N) is 2. The van der Waals surface area contributed by atoms with Crippen LogP contribution in [-0.4, -0.2) is 32.9 Å². The Bertz CT molecular complexity index is 292. The molecule has 0 aliphatic heterocycles. The van der Waals surface area contributed by atoms with Crippen LogP contribution in [-0.2, 0) is 0 Å². The predicted molar refractivity (Wildman–Crippen MR) is 49.8 cm³/mol. The molecule has 0 spiro atoms. The smallest absolute Gasteiger partial charge is 0.316 e. The summed E-state index contributed by atoms with van der Waals surface area (Å²) in [6, 6.07) is 0.233. The Morgan fingerprint density at radius 1 is 1.36 bits per heavy atom. The van der Waals surface area contributed by atoms with Gasteiger partial charge in [0.2, 0.25) is 0 Å². The number of hydrogen-bond acceptors (Lipinski definition) is 5. The van der Waals surface area contributed by atoms with Crippen LogP contribution in [0.4, 0.5) is 0 Å². The largest absolute Gasteiger partial charge is 0.467 e. The molecule has 0 aromatic carbocycles. The summed E-state index contributed by atoms with van der Waals surface area (Å²) in [4.78, 5) is 7.65. The number of aliphatic hydroxyl groups excluding tert-OH is 1. The second-order valence-electron chi connectivity index (χ2n) is 3.56. The summed E-state index contributed by atoms with van der Waals surface area (Å²) in [7, 11) is 1.46. The number of ether oxygens (including phenoxy) is 1. The fourth-order valence-corrected chi connectivity index (χ4v) is 0.981. The van der Waals surface area contributed by atoms with Gasteiger partial charge < -0.3 is 14.9 Å². The number of rotatable bonds is 3. The average molecular weight is 198 g/mol. The molecule has 0 aliphatic carbocycles. The van der Waals surface area contributed by atoms with Gasteiger partial charge in [0.15, 0.2) is 0 Å². The average Bonchev–Trinajstić information content (AvgIpc) is 2.15. The van der Waals surface area contributed by atoms with Gasteiger partial charge in [0.05, 0.1) is 12.7 Å². The van der Waals surface area contributed by atoms with Gasteiger partial charge in [-0.05, 0) is 13.8 Å². The van der Waals surface area contributed by atoms with E-state index in [0.29, 0.717) is 5.56 Å². The van der Waals surface area contributed by atoms with Crippen LogP contribution >= 0.6 is 0 Å². The van der Waals surface area contributed by atoms with Crippen LogP contribution in [0.5, 0.6) is 6.01 Å². The SMILES string of the molecule is COc1ncc(C(O)C(C)(C)O)cn1. The second-order valence-corrected chi connectivity index (χ2v) is 3.56. The number of aromatic nitrogens is 2. The lowest BCUT2D eigenvalue weighted by atomic mass is 9.97. The Kier molecular flexibility index (Phi) is 3.03. The van der Waals surface area contributed by atoms with Crippen LogP contribution in [0.2, 0.25) is 0 Å². The Morgan fingerprint density at radius 3 is 2.21 bits per heavy atom. The Morgan fingerprint density at radius 2 is 1.86 bits per heavy atom. The molecule has 2 N–H and O–H groups in total. The standard InChI is InChI=1S/C9H14N2O3/c1-9(2,13)7(12)6-4-10-8(14-3)11-5-6/h4-5,7,12-13H,1-3H3. The number of hydrogen-bond donors (Lipinski definition) is 2. The van der Waals surface area contributed by atoms with E-state index in [1.807, 2.05) is 0 Å². The number of aliphatic hydroxyl groups is 2. The highest BCUT2D eigenvalue weighted by molar-refractivity contribution is 5.13. The Labute approximate surface area is 82.4 Å². The molecular formula is C9H14N2O3. The minimum absolute atomic E-state index is 0.233. The molecule has 1 heterocycles. The summed E-state index contributed by atoms with van der Waals surface area (Å²) >= 11 is 0. The van der Waals surface area contributed by atoms with Crippen LogP contribution in [0.25, 0.3) is 0 Å². The minimum Gasteiger partial charge on any atom is -0.467 e. The fraction of sp³-hybridized carbons (Fsp3) is 0.556. The monoisotopic (exact) mass is 198 g/mol. The summed E-state index contributed by atoms with van der Waals surface area (Å²) in [5, 5.41) is 19.2. The van der Waals surface area contributed by atoms with Gasteiger partial charge in [-0.25, -0.2) is 9.97 Å². The summed E-state index contributed by atoms with van der Waals surface area (Å²) in [5.74, 6) is 0. The molecule has 78 valence electrons. The van der Waals surface area contributed by atoms with Crippen molar-refractivity contribution < 1.29 is 14.9 Å². The summed E-state index contributed by atoms with van der Waals surface area (Å²) in [5.41, 5.74) is -0.754. The van der Waals surface area contributed by atoms with Crippen molar-refractivity contribution in [1.82, 2.24) is 9.97 Å². The van der Waals surface area contributed by atoms with E-state index in [1.54, 1.807) is 0 Å². The zero-order valence-electron chi connectivity index (χ0n) is 8.43. The van der Waals surface area contributed by atoms with Gasteiger partial charge in [-0.15, -0.1) is 0 Å². The molecule has 1 aromatic rings. The van der Waals surface area contributed by atoms with E-state index in [0.717, 1.165) is 0 Å². The maximum atomic E-state index is 9.65. The van der Waals surface area contributed by atoms with Crippen molar-refractivity contribution in [3.63, 3.8) is 0 Å². The van der Waals surface area contributed by atoms with Gasteiger partial charge in [0.1, 0.15) is 6.10 Å². The van der Waals surface area contributed by atoms with Gasteiger partial charge in [0, 0.05) is 18.0 Å². The lowest BCUT2D eigenvalue weighted by molar-refractivity contribution is -0.0500. The van der Waals surface area contributed by atoms with E-state index < -0.39 is 11.7 Å². The highest BCUT2D eigenvalue weighted by atomic mass is 16.5. The third kappa shape index (κ3) is 2.40. The van der Waals surface area contributed by atoms with Crippen LogP contribution in [0.3, 0.4) is 0 Å². The molecule has 0 radical (unpaired) electrons. The topological polar surface area (TPSA) is 75.5 Å². The van der Waals surface area contributed by atoms with E-state index in [4.69, 9.17) is 4.74 Å². The Balaban J connectivity index is 2.87. The first kappa shape index (κ1) is 10.9. The third-order valence-corrected chi connectivity index (χ3v) is 1.82. The zero-order chi connectivity index (χ0) is 10.8. The van der Waals surface area contributed by atoms with Crippen LogP contribution in [0.15, 0.2) is 12.4 Å². The maximum Gasteiger partial charge on any atom is 0.316 e. The molecule has 0 saturated carbocycles. The van der Waals surface area contributed by atoms with Crippen LogP contribution in [0.1, 0.15) is 25.5 Å². The van der Waals surface area contributed by atoms with Crippen LogP contribution in [0, 0.1) is 0 Å². The molecule has 14 heavy (non-hydrogen) atoms. The lowest BCUT2D eigenvalue weighted by Crippen LogP contribution is -2.28. The normalized spacial score (nSPS) is 13.8. The molecule has 1 atom stereocenters. The van der Waals surface area contributed by atoms with Crippen molar-refractivity contribution in [3.8, 4) is 6.01 Å². The van der Waals surface area contributed by atoms with Crippen molar-refractivity contribution in [2.45, 2.75) is 25.6 Å². The van der Waals surface area contributed by atoms with E-state index in [9.17, 15) is 10.2 Å². The molecule has 0 fully saturated rings. The van der Waals surface area contributed by atoms with Gasteiger partial charge in [-0.3, -0.25) is 0 Å². The van der Waals surface area contributed by atoms with Crippen LogP contribution < -0.4 is 4.74 Å². The second kappa shape index (κ2) is 3.89. The maximum absolute atomic E-state index is 9.65. The summed E-state index contributed by atoms with van der Waals surface area (Å²) in [6.07, 6.45) is 1.84. The first-order valence-electron chi connectivity index (χ1n) is 4.21. The minimum atomic E-state index is -1.21. The van der Waals surface area contributed by atoms with E-state index in [2.05, 4.69) is 9.97 Å². The molecule has 0 amide bonds. The molecule has 1 aromatic heterocycles. The molecule has 0 saturated heterocycles. The fourth-order valence-electron chi connectivity index (χ4n) is 0.981. The number of methoxy groups -OCH3 is 1. The molecule has 0 bridgehead atoms. The molecule has 5 nitrogen and oxygen atoms in total. The molecule has 5 heteroatoms. The third-order valence-electron chi connectivity index (χ3n) is 1.82. The van der Waals surface area contributed by atoms with Crippen molar-refractivity contribution >= 4 is 0 Å². The first-order chi connectivity index (χ1) is 6.45. The van der Waals surface area contributed by atoms with Crippen molar-refractivity contribution in [2.75, 3.05) is 7.11 Å².